The van der Waals surface area contributed by atoms with Gasteiger partial charge in [-0.1, -0.05) is 12.1 Å². The lowest BCUT2D eigenvalue weighted by Crippen LogP contribution is -2.32. The molecular weight excluding hydrogens is 421 g/mol. The van der Waals surface area contributed by atoms with Crippen LogP contribution in [0.1, 0.15) is 33.7 Å². The van der Waals surface area contributed by atoms with Gasteiger partial charge in [0.15, 0.2) is 10.9 Å². The van der Waals surface area contributed by atoms with Gasteiger partial charge in [-0.05, 0) is 29.8 Å². The summed E-state index contributed by atoms with van der Waals surface area (Å²) in [5, 5.41) is 7.63. The van der Waals surface area contributed by atoms with Crippen LogP contribution in [0.3, 0.4) is 0 Å². The number of aryl methyl sites for hydroxylation is 1. The zero-order valence-corrected chi connectivity index (χ0v) is 17.2. The van der Waals surface area contributed by atoms with Gasteiger partial charge < -0.3 is 14.3 Å². The lowest BCUT2D eigenvalue weighted by molar-refractivity contribution is -0.121. The second-order valence-corrected chi connectivity index (χ2v) is 7.56. The summed E-state index contributed by atoms with van der Waals surface area (Å²) in [4.78, 5) is 33.4. The Morgan fingerprint density at radius 1 is 1.26 bits per heavy atom. The molecule has 0 fully saturated rings. The number of carbonyl (C=O) groups excluding carboxylic acids is 2. The van der Waals surface area contributed by atoms with E-state index in [0.29, 0.717) is 22.2 Å². The van der Waals surface area contributed by atoms with Crippen LogP contribution in [0.25, 0.3) is 0 Å². The maximum absolute atomic E-state index is 13.4. The van der Waals surface area contributed by atoms with E-state index in [2.05, 4.69) is 20.6 Å². The van der Waals surface area contributed by atoms with Crippen LogP contribution in [0.4, 0.5) is 9.52 Å². The molecule has 0 radical (unpaired) electrons. The Labute approximate surface area is 180 Å². The summed E-state index contributed by atoms with van der Waals surface area (Å²) in [7, 11) is 1.82. The number of anilines is 1. The summed E-state index contributed by atoms with van der Waals surface area (Å²) in [6.07, 6.45) is 4.82. The number of imidazole rings is 1. The van der Waals surface area contributed by atoms with Crippen LogP contribution in [0, 0.1) is 5.82 Å². The molecule has 0 aliphatic rings. The Morgan fingerprint density at radius 3 is 2.74 bits per heavy atom. The van der Waals surface area contributed by atoms with E-state index in [-0.39, 0.29) is 23.9 Å². The van der Waals surface area contributed by atoms with Crippen LogP contribution in [-0.2, 0) is 18.3 Å². The number of thiazole rings is 1. The number of benzene rings is 1. The third-order valence-corrected chi connectivity index (χ3v) is 5.29. The van der Waals surface area contributed by atoms with E-state index in [4.69, 9.17) is 4.42 Å². The van der Waals surface area contributed by atoms with Crippen molar-refractivity contribution >= 4 is 28.3 Å². The van der Waals surface area contributed by atoms with Gasteiger partial charge in [0.05, 0.1) is 18.4 Å². The number of carbonyl (C=O) groups is 2. The van der Waals surface area contributed by atoms with Gasteiger partial charge in [-0.2, -0.15) is 0 Å². The van der Waals surface area contributed by atoms with Gasteiger partial charge in [-0.15, -0.1) is 11.3 Å². The number of hydrogen-bond acceptors (Lipinski definition) is 6. The van der Waals surface area contributed by atoms with Gasteiger partial charge in [-0.25, -0.2) is 14.4 Å². The highest BCUT2D eigenvalue weighted by Gasteiger charge is 2.21. The lowest BCUT2D eigenvalue weighted by Gasteiger charge is -2.19. The van der Waals surface area contributed by atoms with Gasteiger partial charge in [0.1, 0.15) is 17.7 Å². The molecule has 0 bridgehead atoms. The van der Waals surface area contributed by atoms with E-state index in [1.165, 1.54) is 29.7 Å². The number of aromatic nitrogens is 3. The third-order valence-electron chi connectivity index (χ3n) is 4.48. The Balaban J connectivity index is 1.45. The number of hydrogen-bond donors (Lipinski definition) is 2. The topological polar surface area (TPSA) is 102 Å². The van der Waals surface area contributed by atoms with Crippen molar-refractivity contribution in [1.82, 2.24) is 19.9 Å². The fourth-order valence-electron chi connectivity index (χ4n) is 3.00. The van der Waals surface area contributed by atoms with E-state index >= 15 is 0 Å². The fraction of sp³-hybridized carbons (Fsp3) is 0.143. The molecule has 158 valence electrons. The van der Waals surface area contributed by atoms with Crippen LogP contribution in [0.15, 0.2) is 64.9 Å². The summed E-state index contributed by atoms with van der Waals surface area (Å²) in [5.74, 6) is -0.273. The predicted molar refractivity (Wildman–Crippen MR) is 112 cm³/mol. The summed E-state index contributed by atoms with van der Waals surface area (Å²) < 4.78 is 20.2. The lowest BCUT2D eigenvalue weighted by atomic mass is 10.1. The molecule has 2 amide bonds. The Morgan fingerprint density at radius 2 is 2.06 bits per heavy atom. The minimum atomic E-state index is -0.551. The minimum absolute atomic E-state index is 0.00917. The smallest absolute Gasteiger partial charge is 0.293 e. The highest BCUT2D eigenvalue weighted by molar-refractivity contribution is 7.14. The molecule has 3 heterocycles. The monoisotopic (exact) mass is 439 g/mol. The van der Waals surface area contributed by atoms with Crippen molar-refractivity contribution in [2.45, 2.75) is 12.5 Å². The molecule has 0 unspecified atom stereocenters. The van der Waals surface area contributed by atoms with Gasteiger partial charge in [0.2, 0.25) is 5.91 Å². The highest BCUT2D eigenvalue weighted by Crippen LogP contribution is 2.22. The molecule has 1 atom stereocenters. The van der Waals surface area contributed by atoms with Crippen molar-refractivity contribution in [2.24, 2.45) is 7.05 Å². The molecule has 0 aliphatic carbocycles. The molecule has 8 nitrogen and oxygen atoms in total. The van der Waals surface area contributed by atoms with E-state index < -0.39 is 11.9 Å². The standard InChI is InChI=1S/C21H18FN5O3S/c1-27-9-8-23-19(27)18(13-4-6-14(22)7-5-13)25-17(28)11-15-12-31-21(24-15)26-20(29)16-3-2-10-30-16/h2-10,12,18H,11H2,1H3,(H,25,28)(H,24,26,29)/t18-/m1/s1. The number of amides is 2. The zero-order chi connectivity index (χ0) is 21.8. The summed E-state index contributed by atoms with van der Waals surface area (Å²) in [6.45, 7) is 0. The van der Waals surface area contributed by atoms with Crippen molar-refractivity contribution < 1.29 is 18.4 Å². The second kappa shape index (κ2) is 8.92. The normalized spacial score (nSPS) is 11.8. The largest absolute Gasteiger partial charge is 0.459 e. The van der Waals surface area contributed by atoms with Crippen LogP contribution < -0.4 is 10.6 Å². The average Bonchev–Trinajstić information content (AvgIpc) is 3.50. The first kappa shape index (κ1) is 20.5. The first-order valence-corrected chi connectivity index (χ1v) is 10.2. The molecule has 0 spiro atoms. The first-order chi connectivity index (χ1) is 15.0. The Hall–Kier alpha value is -3.79. The van der Waals surface area contributed by atoms with Crippen LogP contribution in [-0.4, -0.2) is 26.3 Å². The summed E-state index contributed by atoms with van der Waals surface area (Å²) in [5.41, 5.74) is 1.21. The van der Waals surface area contributed by atoms with Crippen LogP contribution >= 0.6 is 11.3 Å². The Kier molecular flexibility index (Phi) is 5.89. The summed E-state index contributed by atoms with van der Waals surface area (Å²) >= 11 is 1.21. The summed E-state index contributed by atoms with van der Waals surface area (Å²) in [6, 6.07) is 8.51. The van der Waals surface area contributed by atoms with Crippen molar-refractivity contribution in [1.29, 1.82) is 0 Å². The second-order valence-electron chi connectivity index (χ2n) is 6.70. The SMILES string of the molecule is Cn1ccnc1[C@H](NC(=O)Cc1csc(NC(=O)c2ccco2)n1)c1ccc(F)cc1. The van der Waals surface area contributed by atoms with E-state index in [1.807, 2.05) is 7.05 Å². The number of nitrogens with zero attached hydrogens (tertiary/aromatic N) is 3. The molecule has 31 heavy (non-hydrogen) atoms. The average molecular weight is 439 g/mol. The molecular formula is C21H18FN5O3S. The van der Waals surface area contributed by atoms with Gasteiger partial charge in [0, 0.05) is 24.8 Å². The molecule has 1 aromatic carbocycles. The van der Waals surface area contributed by atoms with Crippen molar-refractivity contribution in [3.63, 3.8) is 0 Å². The maximum Gasteiger partial charge on any atom is 0.293 e. The van der Waals surface area contributed by atoms with E-state index in [0.717, 1.165) is 0 Å². The quantitative estimate of drug-likeness (QED) is 0.460. The Bertz CT molecular complexity index is 1180. The highest BCUT2D eigenvalue weighted by atomic mass is 32.1. The van der Waals surface area contributed by atoms with Gasteiger partial charge in [-0.3, -0.25) is 14.9 Å². The molecule has 4 aromatic rings. The maximum atomic E-state index is 13.4. The van der Waals surface area contributed by atoms with E-state index in [9.17, 15) is 14.0 Å². The van der Waals surface area contributed by atoms with Crippen molar-refractivity contribution in [2.75, 3.05) is 5.32 Å². The number of nitrogens with one attached hydrogen (secondary N) is 2. The minimum Gasteiger partial charge on any atom is -0.459 e. The molecule has 0 saturated heterocycles. The molecule has 3 aromatic heterocycles. The van der Waals surface area contributed by atoms with Gasteiger partial charge in [0.25, 0.3) is 5.91 Å². The zero-order valence-electron chi connectivity index (χ0n) is 16.4. The van der Waals surface area contributed by atoms with Crippen molar-refractivity contribution in [3.8, 4) is 0 Å². The predicted octanol–water partition coefficient (Wildman–Crippen LogP) is 3.31. The van der Waals surface area contributed by atoms with Crippen molar-refractivity contribution in [3.05, 3.63) is 89.1 Å². The first-order valence-electron chi connectivity index (χ1n) is 9.31. The van der Waals surface area contributed by atoms with Gasteiger partial charge >= 0.3 is 0 Å². The third kappa shape index (κ3) is 4.86. The number of rotatable bonds is 7. The van der Waals surface area contributed by atoms with E-state index in [1.54, 1.807) is 46.6 Å². The molecule has 10 heteroatoms. The number of halogens is 1. The molecule has 0 saturated carbocycles. The van der Waals surface area contributed by atoms with Crippen LogP contribution in [0.5, 0.6) is 0 Å². The number of furan rings is 1. The molecule has 0 aliphatic heterocycles. The van der Waals surface area contributed by atoms with Crippen LogP contribution in [0.2, 0.25) is 0 Å². The fourth-order valence-corrected chi connectivity index (χ4v) is 3.70. The molecule has 4 rings (SSSR count). The molecule has 2 N–H and O–H groups in total.